The van der Waals surface area contributed by atoms with Crippen molar-refractivity contribution in [2.75, 3.05) is 6.61 Å². The Labute approximate surface area is 296 Å². The SMILES string of the molecule is CCCCCCCCC1(CCCCCCCC)c2cc(Br)ccc2-c2ccc([Si](C)(C)c3ccccc3COC3CCCCO3)cc21. The first-order valence-corrected chi connectivity index (χ1v) is 23.0. The summed E-state index contributed by atoms with van der Waals surface area (Å²) in [6.45, 7) is 11.2. The molecule has 47 heavy (non-hydrogen) atoms. The summed E-state index contributed by atoms with van der Waals surface area (Å²) >= 11 is 3.90. The van der Waals surface area contributed by atoms with E-state index in [1.807, 2.05) is 0 Å². The van der Waals surface area contributed by atoms with E-state index < -0.39 is 8.07 Å². The maximum absolute atomic E-state index is 6.36. The first kappa shape index (κ1) is 36.6. The third-order valence-corrected chi connectivity index (χ3v) is 15.3. The van der Waals surface area contributed by atoms with Crippen molar-refractivity contribution in [1.29, 1.82) is 0 Å². The minimum absolute atomic E-state index is 0.0658. The van der Waals surface area contributed by atoms with Crippen LogP contribution >= 0.6 is 15.9 Å². The van der Waals surface area contributed by atoms with Gasteiger partial charge in [-0.3, -0.25) is 0 Å². The summed E-state index contributed by atoms with van der Waals surface area (Å²) in [4.78, 5) is 0. The fourth-order valence-corrected chi connectivity index (χ4v) is 11.5. The van der Waals surface area contributed by atoms with Crippen molar-refractivity contribution in [3.8, 4) is 11.1 Å². The largest absolute Gasteiger partial charge is 0.353 e. The fraction of sp³-hybridized carbons (Fsp3) is 0.581. The van der Waals surface area contributed by atoms with Crippen LogP contribution in [0.2, 0.25) is 13.1 Å². The van der Waals surface area contributed by atoms with Gasteiger partial charge in [-0.25, -0.2) is 0 Å². The molecule has 0 aromatic heterocycles. The molecule has 3 aromatic carbocycles. The number of hydrogen-bond acceptors (Lipinski definition) is 2. The minimum atomic E-state index is -2.04. The molecule has 2 nitrogen and oxygen atoms in total. The lowest BCUT2D eigenvalue weighted by atomic mass is 9.70. The molecule has 0 saturated carbocycles. The highest BCUT2D eigenvalue weighted by Crippen LogP contribution is 2.54. The Balaban J connectivity index is 1.48. The lowest BCUT2D eigenvalue weighted by Crippen LogP contribution is -2.54. The number of benzene rings is 3. The lowest BCUT2D eigenvalue weighted by Gasteiger charge is -2.34. The Kier molecular flexibility index (Phi) is 13.8. The van der Waals surface area contributed by atoms with Gasteiger partial charge in [0.05, 0.1) is 6.61 Å². The average molecular weight is 718 g/mol. The molecule has 5 rings (SSSR count). The van der Waals surface area contributed by atoms with E-state index in [0.717, 1.165) is 19.4 Å². The van der Waals surface area contributed by atoms with Crippen molar-refractivity contribution >= 4 is 34.4 Å². The van der Waals surface area contributed by atoms with Crippen molar-refractivity contribution < 1.29 is 9.47 Å². The summed E-state index contributed by atoms with van der Waals surface area (Å²) in [5.41, 5.74) is 7.54. The van der Waals surface area contributed by atoms with Crippen LogP contribution in [0.4, 0.5) is 0 Å². The van der Waals surface area contributed by atoms with Crippen LogP contribution in [0.1, 0.15) is 140 Å². The molecule has 2 aliphatic rings. The van der Waals surface area contributed by atoms with E-state index in [1.165, 1.54) is 123 Å². The van der Waals surface area contributed by atoms with Gasteiger partial charge in [-0.1, -0.05) is 174 Å². The number of halogens is 1. The molecular formula is C43H61BrO2Si. The Hall–Kier alpha value is -1.72. The van der Waals surface area contributed by atoms with Gasteiger partial charge >= 0.3 is 0 Å². The molecule has 1 aliphatic heterocycles. The standard InChI is InChI=1S/C43H61BrO2Si/c1-5-7-9-11-13-18-28-43(29-19-14-12-10-8-6-2)39-31-35(44)24-26-37(39)38-27-25-36(32-40(38)43)47(3,4)41-22-16-15-21-34(41)33-46-42-23-17-20-30-45-42/h15-16,21-22,24-27,31-32,42H,5-14,17-20,23,28-30,33H2,1-4H3. The van der Waals surface area contributed by atoms with Crippen molar-refractivity contribution in [1.82, 2.24) is 0 Å². The maximum Gasteiger partial charge on any atom is 0.158 e. The van der Waals surface area contributed by atoms with Crippen LogP contribution in [0.15, 0.2) is 65.1 Å². The number of hydrogen-bond donors (Lipinski definition) is 0. The zero-order valence-corrected chi connectivity index (χ0v) is 32.6. The molecule has 1 atom stereocenters. The molecule has 4 heteroatoms. The molecule has 3 aromatic rings. The smallest absolute Gasteiger partial charge is 0.158 e. The van der Waals surface area contributed by atoms with Gasteiger partial charge in [-0.15, -0.1) is 0 Å². The average Bonchev–Trinajstić information content (AvgIpc) is 3.35. The lowest BCUT2D eigenvalue weighted by molar-refractivity contribution is -0.168. The molecule has 0 bridgehead atoms. The van der Waals surface area contributed by atoms with Crippen molar-refractivity contribution in [3.05, 3.63) is 81.8 Å². The highest BCUT2D eigenvalue weighted by Gasteiger charge is 2.43. The monoisotopic (exact) mass is 716 g/mol. The molecule has 1 saturated heterocycles. The van der Waals surface area contributed by atoms with Crippen LogP contribution in [0.5, 0.6) is 0 Å². The second-order valence-electron chi connectivity index (χ2n) is 15.0. The van der Waals surface area contributed by atoms with Gasteiger partial charge in [0.25, 0.3) is 0 Å². The Morgan fingerprint density at radius 2 is 1.36 bits per heavy atom. The molecule has 0 amide bonds. The summed E-state index contributed by atoms with van der Waals surface area (Å²) in [5, 5.41) is 3.03. The van der Waals surface area contributed by atoms with E-state index >= 15 is 0 Å². The quantitative estimate of drug-likeness (QED) is 0.0908. The van der Waals surface area contributed by atoms with Crippen LogP contribution in [0.3, 0.4) is 0 Å². The molecule has 1 fully saturated rings. The van der Waals surface area contributed by atoms with E-state index in [4.69, 9.17) is 9.47 Å². The van der Waals surface area contributed by atoms with E-state index in [1.54, 1.807) is 16.3 Å². The summed E-state index contributed by atoms with van der Waals surface area (Å²) in [6.07, 6.45) is 21.9. The molecule has 0 radical (unpaired) electrons. The van der Waals surface area contributed by atoms with Crippen molar-refractivity contribution in [2.45, 2.75) is 154 Å². The number of rotatable bonds is 19. The number of fused-ring (bicyclic) bond motifs is 3. The third kappa shape index (κ3) is 8.90. The predicted octanol–water partition coefficient (Wildman–Crippen LogP) is 12.1. The van der Waals surface area contributed by atoms with Gasteiger partial charge in [0, 0.05) is 16.5 Å². The number of ether oxygens (including phenoxy) is 2. The van der Waals surface area contributed by atoms with Crippen molar-refractivity contribution in [3.63, 3.8) is 0 Å². The van der Waals surface area contributed by atoms with Gasteiger partial charge in [0.2, 0.25) is 0 Å². The Morgan fingerprint density at radius 1 is 0.745 bits per heavy atom. The first-order chi connectivity index (χ1) is 22.9. The highest BCUT2D eigenvalue weighted by atomic mass is 79.9. The zero-order chi connectivity index (χ0) is 33.1. The van der Waals surface area contributed by atoms with Gasteiger partial charge in [0.1, 0.15) is 8.07 Å². The van der Waals surface area contributed by atoms with Gasteiger partial charge < -0.3 is 9.47 Å². The minimum Gasteiger partial charge on any atom is -0.353 e. The van der Waals surface area contributed by atoms with Gasteiger partial charge in [-0.2, -0.15) is 0 Å². The molecule has 0 spiro atoms. The van der Waals surface area contributed by atoms with E-state index in [0.29, 0.717) is 6.61 Å². The second-order valence-corrected chi connectivity index (χ2v) is 20.2. The Morgan fingerprint density at radius 3 is 2.02 bits per heavy atom. The molecule has 0 N–H and O–H groups in total. The molecular weight excluding hydrogens is 656 g/mol. The third-order valence-electron chi connectivity index (χ3n) is 11.2. The second kappa shape index (κ2) is 17.8. The number of unbranched alkanes of at least 4 members (excludes halogenated alkanes) is 10. The fourth-order valence-electron chi connectivity index (χ4n) is 8.37. The maximum atomic E-state index is 6.36. The van der Waals surface area contributed by atoms with Gasteiger partial charge in [0.15, 0.2) is 6.29 Å². The summed E-state index contributed by atoms with van der Waals surface area (Å²) in [6, 6.07) is 23.9. The topological polar surface area (TPSA) is 18.5 Å². The molecule has 1 heterocycles. The Bertz CT molecular complexity index is 1390. The summed E-state index contributed by atoms with van der Waals surface area (Å²) in [7, 11) is -2.04. The van der Waals surface area contributed by atoms with Gasteiger partial charge in [-0.05, 0) is 77.2 Å². The summed E-state index contributed by atoms with van der Waals surface area (Å²) in [5.74, 6) is 0. The summed E-state index contributed by atoms with van der Waals surface area (Å²) < 4.78 is 13.5. The molecule has 256 valence electrons. The van der Waals surface area contributed by atoms with E-state index in [2.05, 4.69) is 104 Å². The van der Waals surface area contributed by atoms with Crippen LogP contribution in [0.25, 0.3) is 11.1 Å². The highest BCUT2D eigenvalue weighted by molar-refractivity contribution is 9.10. The van der Waals surface area contributed by atoms with Crippen LogP contribution in [-0.4, -0.2) is 21.0 Å². The van der Waals surface area contributed by atoms with E-state index in [9.17, 15) is 0 Å². The molecule has 1 unspecified atom stereocenters. The normalized spacial score (nSPS) is 17.1. The van der Waals surface area contributed by atoms with Crippen molar-refractivity contribution in [2.24, 2.45) is 0 Å². The van der Waals surface area contributed by atoms with E-state index in [-0.39, 0.29) is 11.7 Å². The van der Waals surface area contributed by atoms with Crippen LogP contribution in [-0.2, 0) is 21.5 Å². The van der Waals surface area contributed by atoms with Crippen LogP contribution < -0.4 is 10.4 Å². The van der Waals surface area contributed by atoms with Crippen LogP contribution in [0, 0.1) is 0 Å². The molecule has 1 aliphatic carbocycles. The first-order valence-electron chi connectivity index (χ1n) is 19.2. The zero-order valence-electron chi connectivity index (χ0n) is 30.0. The predicted molar refractivity (Wildman–Crippen MR) is 208 cm³/mol.